The molecule has 0 radical (unpaired) electrons. The smallest absolute Gasteiger partial charge is 0.269 e. The minimum Gasteiger partial charge on any atom is -0.341 e. The summed E-state index contributed by atoms with van der Waals surface area (Å²) in [5, 5.41) is 2.59. The Morgan fingerprint density at radius 1 is 1.38 bits per heavy atom. The number of nitrogens with zero attached hydrogens (tertiary/aromatic N) is 2. The van der Waals surface area contributed by atoms with Gasteiger partial charge in [-0.05, 0) is 17.9 Å². The third-order valence-corrected chi connectivity index (χ3v) is 6.05. The topological polar surface area (TPSA) is 49.7 Å². The molecule has 0 N–H and O–H groups in total. The Morgan fingerprint density at radius 2 is 2.29 bits per heavy atom. The van der Waals surface area contributed by atoms with Crippen LogP contribution in [0.4, 0.5) is 0 Å². The van der Waals surface area contributed by atoms with Crippen molar-refractivity contribution in [3.05, 3.63) is 34.5 Å². The van der Waals surface area contributed by atoms with E-state index in [1.165, 1.54) is 17.2 Å². The minimum atomic E-state index is -0.383. The molecule has 4 nitrogen and oxygen atoms in total. The molecule has 0 saturated carbocycles. The second-order valence-electron chi connectivity index (χ2n) is 4.99. The first-order valence-corrected chi connectivity index (χ1v) is 8.87. The first-order chi connectivity index (χ1) is 10.2. The first kappa shape index (κ1) is 14.5. The molecule has 0 aromatic carbocycles. The predicted molar refractivity (Wildman–Crippen MR) is 86.8 cm³/mol. The number of carbonyl (C=O) groups is 2. The lowest BCUT2D eigenvalue weighted by Crippen LogP contribution is -2.38. The molecule has 1 aromatic heterocycles. The van der Waals surface area contributed by atoms with Gasteiger partial charge in [0.15, 0.2) is 0 Å². The monoisotopic (exact) mass is 320 g/mol. The molecule has 3 rings (SSSR count). The summed E-state index contributed by atoms with van der Waals surface area (Å²) < 4.78 is 0. The summed E-state index contributed by atoms with van der Waals surface area (Å²) in [4.78, 5) is 30.5. The molecule has 1 saturated heterocycles. The van der Waals surface area contributed by atoms with Crippen LogP contribution in [0.25, 0.3) is 0 Å². The summed E-state index contributed by atoms with van der Waals surface area (Å²) in [5.41, 5.74) is 0. The van der Waals surface area contributed by atoms with Crippen LogP contribution in [-0.2, 0) is 9.59 Å². The molecule has 0 bridgehead atoms. The number of thioether (sulfide) groups is 1. The first-order valence-electron chi connectivity index (χ1n) is 6.94. The molecule has 0 aliphatic carbocycles. The van der Waals surface area contributed by atoms with E-state index in [9.17, 15) is 9.59 Å². The van der Waals surface area contributed by atoms with E-state index >= 15 is 0 Å². The van der Waals surface area contributed by atoms with Crippen molar-refractivity contribution in [1.82, 2.24) is 4.90 Å². The zero-order valence-corrected chi connectivity index (χ0v) is 13.1. The number of hydrogen-bond donors (Lipinski definition) is 0. The van der Waals surface area contributed by atoms with Gasteiger partial charge >= 0.3 is 0 Å². The summed E-state index contributed by atoms with van der Waals surface area (Å²) in [5.74, 6) is 0.324. The van der Waals surface area contributed by atoms with E-state index in [0.29, 0.717) is 5.25 Å². The van der Waals surface area contributed by atoms with E-state index in [2.05, 4.69) is 22.5 Å². The molecule has 2 amide bonds. The Hall–Kier alpha value is -1.40. The van der Waals surface area contributed by atoms with E-state index in [-0.39, 0.29) is 17.7 Å². The summed E-state index contributed by atoms with van der Waals surface area (Å²) >= 11 is 3.70. The number of thiophene rings is 1. The maximum atomic E-state index is 12.5. The van der Waals surface area contributed by atoms with Crippen molar-refractivity contribution in [2.75, 3.05) is 18.8 Å². The standard InChI is InChI=1S/C15H16N2O2S2/c18-14-4-3-11(10-16-14)15(19)17-6-5-13(21-9-7-17)12-2-1-8-20-12/h1-4,8,10-11,13H,5-7,9H2. The molecule has 1 fully saturated rings. The van der Waals surface area contributed by atoms with Gasteiger partial charge in [0.05, 0.1) is 5.92 Å². The molecule has 0 spiro atoms. The molecule has 3 heterocycles. The van der Waals surface area contributed by atoms with Crippen molar-refractivity contribution in [2.45, 2.75) is 11.7 Å². The second kappa shape index (κ2) is 6.58. The molecule has 2 aliphatic rings. The van der Waals surface area contributed by atoms with Crippen molar-refractivity contribution in [3.8, 4) is 0 Å². The van der Waals surface area contributed by atoms with Gasteiger partial charge < -0.3 is 4.90 Å². The van der Waals surface area contributed by atoms with E-state index < -0.39 is 0 Å². The van der Waals surface area contributed by atoms with Gasteiger partial charge in [-0.3, -0.25) is 9.59 Å². The number of carbonyl (C=O) groups excluding carboxylic acids is 2. The van der Waals surface area contributed by atoms with Crippen LogP contribution in [0.15, 0.2) is 34.7 Å². The summed E-state index contributed by atoms with van der Waals surface area (Å²) in [7, 11) is 0. The van der Waals surface area contributed by atoms with Gasteiger partial charge in [0, 0.05) is 41.3 Å². The van der Waals surface area contributed by atoms with Gasteiger partial charge in [0.25, 0.3) is 5.91 Å². The molecule has 2 atom stereocenters. The maximum absolute atomic E-state index is 12.5. The molecule has 1 aromatic rings. The predicted octanol–water partition coefficient (Wildman–Crippen LogP) is 2.54. The lowest BCUT2D eigenvalue weighted by Gasteiger charge is -2.23. The van der Waals surface area contributed by atoms with Crippen LogP contribution in [-0.4, -0.2) is 41.8 Å². The van der Waals surface area contributed by atoms with Gasteiger partial charge in [0.1, 0.15) is 0 Å². The van der Waals surface area contributed by atoms with Gasteiger partial charge in [-0.25, -0.2) is 4.99 Å². The zero-order chi connectivity index (χ0) is 14.7. The number of hydrogen-bond acceptors (Lipinski definition) is 4. The SMILES string of the molecule is O=C1C=CC(C(=O)N2CCSC(c3cccs3)CC2)C=N1. The van der Waals surface area contributed by atoms with Gasteiger partial charge in [-0.1, -0.05) is 12.1 Å². The van der Waals surface area contributed by atoms with Crippen molar-refractivity contribution in [3.63, 3.8) is 0 Å². The number of dihydropyridines is 1. The second-order valence-corrected chi connectivity index (χ2v) is 7.28. The lowest BCUT2D eigenvalue weighted by atomic mass is 10.1. The molecular weight excluding hydrogens is 304 g/mol. The molecule has 2 aliphatic heterocycles. The Balaban J connectivity index is 1.62. The third kappa shape index (κ3) is 3.44. The number of amides is 2. The molecule has 6 heteroatoms. The number of rotatable bonds is 2. The fourth-order valence-corrected chi connectivity index (χ4v) is 4.72. The van der Waals surface area contributed by atoms with Crippen molar-refractivity contribution >= 4 is 41.1 Å². The summed E-state index contributed by atoms with van der Waals surface area (Å²) in [6.45, 7) is 1.53. The average Bonchev–Trinajstić information content (AvgIpc) is 2.92. The minimum absolute atomic E-state index is 0.0509. The highest BCUT2D eigenvalue weighted by Gasteiger charge is 2.26. The Kier molecular flexibility index (Phi) is 4.55. The lowest BCUT2D eigenvalue weighted by molar-refractivity contribution is -0.131. The van der Waals surface area contributed by atoms with E-state index in [1.54, 1.807) is 17.4 Å². The highest BCUT2D eigenvalue weighted by atomic mass is 32.2. The van der Waals surface area contributed by atoms with Crippen LogP contribution in [0.5, 0.6) is 0 Å². The largest absolute Gasteiger partial charge is 0.341 e. The van der Waals surface area contributed by atoms with Gasteiger partial charge in [0.2, 0.25) is 5.91 Å². The maximum Gasteiger partial charge on any atom is 0.269 e. The highest BCUT2D eigenvalue weighted by molar-refractivity contribution is 7.99. The quantitative estimate of drug-likeness (QED) is 0.841. The third-order valence-electron chi connectivity index (χ3n) is 3.61. The van der Waals surface area contributed by atoms with Crippen LogP contribution in [0, 0.1) is 5.92 Å². The normalized spacial score (nSPS) is 25.9. The number of aliphatic imine (C=N–C) groups is 1. The van der Waals surface area contributed by atoms with Gasteiger partial charge in [-0.15, -0.1) is 11.3 Å². The van der Waals surface area contributed by atoms with Crippen LogP contribution in [0.2, 0.25) is 0 Å². The average molecular weight is 320 g/mol. The van der Waals surface area contributed by atoms with Crippen LogP contribution >= 0.6 is 23.1 Å². The van der Waals surface area contributed by atoms with Crippen molar-refractivity contribution in [1.29, 1.82) is 0 Å². The molecular formula is C15H16N2O2S2. The van der Waals surface area contributed by atoms with Crippen LogP contribution in [0.3, 0.4) is 0 Å². The van der Waals surface area contributed by atoms with Crippen LogP contribution in [0.1, 0.15) is 16.5 Å². The van der Waals surface area contributed by atoms with Gasteiger partial charge in [-0.2, -0.15) is 11.8 Å². The highest BCUT2D eigenvalue weighted by Crippen LogP contribution is 2.36. The molecule has 110 valence electrons. The Bertz CT molecular complexity index is 565. The Labute approximate surface area is 131 Å². The van der Waals surface area contributed by atoms with E-state index in [0.717, 1.165) is 25.3 Å². The van der Waals surface area contributed by atoms with E-state index in [4.69, 9.17) is 0 Å². The Morgan fingerprint density at radius 3 is 3.00 bits per heavy atom. The summed E-state index contributed by atoms with van der Waals surface area (Å²) in [6, 6.07) is 4.25. The van der Waals surface area contributed by atoms with Crippen molar-refractivity contribution < 1.29 is 9.59 Å². The zero-order valence-electron chi connectivity index (χ0n) is 11.5. The van der Waals surface area contributed by atoms with Crippen LogP contribution < -0.4 is 0 Å². The summed E-state index contributed by atoms with van der Waals surface area (Å²) in [6.07, 6.45) is 5.46. The van der Waals surface area contributed by atoms with E-state index in [1.807, 2.05) is 16.7 Å². The molecule has 2 unspecified atom stereocenters. The fraction of sp³-hybridized carbons (Fsp3) is 0.400. The van der Waals surface area contributed by atoms with Crippen molar-refractivity contribution in [2.24, 2.45) is 10.9 Å². The molecule has 21 heavy (non-hydrogen) atoms. The fourth-order valence-electron chi connectivity index (χ4n) is 2.48.